The van der Waals surface area contributed by atoms with E-state index < -0.39 is 0 Å². The Kier molecular flexibility index (Phi) is 7.20. The van der Waals surface area contributed by atoms with Gasteiger partial charge < -0.3 is 25.0 Å². The zero-order chi connectivity index (χ0) is 26.9. The molecule has 2 aliphatic heterocycles. The maximum absolute atomic E-state index is 13.3. The molecular weight excluding hydrogens is 510 g/mol. The Bertz CT molecular complexity index is 1530. The Morgan fingerprint density at radius 3 is 2.87 bits per heavy atom. The van der Waals surface area contributed by atoms with Crippen LogP contribution >= 0.6 is 11.3 Å². The third-order valence-corrected chi connectivity index (χ3v) is 8.63. The Hall–Kier alpha value is -3.53. The van der Waals surface area contributed by atoms with E-state index in [1.165, 1.54) is 27.1 Å². The molecule has 0 radical (unpaired) electrons. The maximum atomic E-state index is 13.3. The molecule has 2 aliphatic rings. The monoisotopic (exact) mass is 543 g/mol. The summed E-state index contributed by atoms with van der Waals surface area (Å²) in [5.41, 5.74) is 6.62. The van der Waals surface area contributed by atoms with Gasteiger partial charge in [0.15, 0.2) is 0 Å². The quantitative estimate of drug-likeness (QED) is 0.355. The second-order valence-electron chi connectivity index (χ2n) is 10.1. The van der Waals surface area contributed by atoms with E-state index in [2.05, 4.69) is 52.2 Å². The van der Waals surface area contributed by atoms with Crippen molar-refractivity contribution in [3.8, 4) is 16.9 Å². The number of carbonyl (C=O) groups excluding carboxylic acids is 1. The van der Waals surface area contributed by atoms with E-state index in [0.717, 1.165) is 30.7 Å². The predicted octanol–water partition coefficient (Wildman–Crippen LogP) is 4.97. The fourth-order valence-electron chi connectivity index (χ4n) is 5.44. The fourth-order valence-corrected chi connectivity index (χ4v) is 6.35. The highest BCUT2D eigenvalue weighted by molar-refractivity contribution is 7.10. The molecule has 202 valence electrons. The summed E-state index contributed by atoms with van der Waals surface area (Å²) in [6.45, 7) is 8.19. The van der Waals surface area contributed by atoms with Crippen molar-refractivity contribution >= 4 is 34.0 Å². The minimum Gasteiger partial charge on any atom is -0.496 e. The van der Waals surface area contributed by atoms with Crippen molar-refractivity contribution in [1.29, 1.82) is 0 Å². The molecule has 4 heterocycles. The van der Waals surface area contributed by atoms with Gasteiger partial charge in [-0.1, -0.05) is 18.2 Å². The molecule has 39 heavy (non-hydrogen) atoms. The van der Waals surface area contributed by atoms with Crippen molar-refractivity contribution in [2.24, 2.45) is 0 Å². The van der Waals surface area contributed by atoms with Gasteiger partial charge in [0, 0.05) is 29.9 Å². The number of morpholine rings is 1. The van der Waals surface area contributed by atoms with Crippen LogP contribution in [0.15, 0.2) is 41.8 Å². The first-order valence-corrected chi connectivity index (χ1v) is 14.3. The first kappa shape index (κ1) is 25.7. The van der Waals surface area contributed by atoms with Gasteiger partial charge in [-0.05, 0) is 72.6 Å². The number of fused-ring (bicyclic) bond motifs is 2. The normalized spacial score (nSPS) is 16.1. The van der Waals surface area contributed by atoms with E-state index in [0.29, 0.717) is 49.0 Å². The van der Waals surface area contributed by atoms with Gasteiger partial charge in [-0.3, -0.25) is 4.79 Å². The van der Waals surface area contributed by atoms with Crippen molar-refractivity contribution < 1.29 is 14.3 Å². The molecule has 4 aromatic rings. The van der Waals surface area contributed by atoms with Gasteiger partial charge in [0.1, 0.15) is 17.4 Å². The average Bonchev–Trinajstić information content (AvgIpc) is 3.47. The van der Waals surface area contributed by atoms with E-state index >= 15 is 0 Å². The summed E-state index contributed by atoms with van der Waals surface area (Å²) in [6.07, 6.45) is 1.07. The Morgan fingerprint density at radius 1 is 1.21 bits per heavy atom. The minimum atomic E-state index is -0.0689. The molecule has 9 heteroatoms. The van der Waals surface area contributed by atoms with Crippen LogP contribution < -0.4 is 15.4 Å². The molecule has 8 nitrogen and oxygen atoms in total. The minimum absolute atomic E-state index is 0.0274. The number of benzene rings is 2. The second-order valence-corrected chi connectivity index (χ2v) is 11.0. The van der Waals surface area contributed by atoms with Crippen LogP contribution in [0.3, 0.4) is 0 Å². The van der Waals surface area contributed by atoms with Gasteiger partial charge in [-0.2, -0.15) is 0 Å². The molecule has 1 amide bonds. The number of rotatable bonds is 6. The Balaban J connectivity index is 1.30. The van der Waals surface area contributed by atoms with Crippen molar-refractivity contribution in [3.05, 3.63) is 69.2 Å². The topological polar surface area (TPSA) is 88.6 Å². The number of aromatic nitrogens is 2. The van der Waals surface area contributed by atoms with Gasteiger partial charge in [-0.15, -0.1) is 11.3 Å². The number of anilines is 1. The first-order chi connectivity index (χ1) is 19.0. The van der Waals surface area contributed by atoms with Crippen LogP contribution in [0.4, 0.5) is 5.82 Å². The van der Waals surface area contributed by atoms with Crippen molar-refractivity contribution in [3.63, 3.8) is 0 Å². The average molecular weight is 544 g/mol. The molecule has 2 N–H and O–H groups in total. The van der Waals surface area contributed by atoms with Gasteiger partial charge in [0.2, 0.25) is 0 Å². The van der Waals surface area contributed by atoms with Crippen LogP contribution in [0.25, 0.3) is 22.0 Å². The number of hydrogen-bond donors (Lipinski definition) is 2. The van der Waals surface area contributed by atoms with Crippen LogP contribution in [0.2, 0.25) is 0 Å². The third-order valence-electron chi connectivity index (χ3n) is 7.51. The zero-order valence-corrected chi connectivity index (χ0v) is 23.4. The summed E-state index contributed by atoms with van der Waals surface area (Å²) in [5, 5.41) is 10.2. The van der Waals surface area contributed by atoms with Crippen LogP contribution in [-0.2, 0) is 17.7 Å². The largest absolute Gasteiger partial charge is 0.496 e. The number of nitrogens with zero attached hydrogens (tertiary/aromatic N) is 3. The molecule has 0 aliphatic carbocycles. The number of hydrogen-bond acceptors (Lipinski definition) is 8. The number of ether oxygens (including phenoxy) is 2. The molecule has 1 atom stereocenters. The molecule has 2 aromatic carbocycles. The number of nitrogens with one attached hydrogen (secondary N) is 2. The molecule has 0 saturated carbocycles. The van der Waals surface area contributed by atoms with Gasteiger partial charge >= 0.3 is 0 Å². The van der Waals surface area contributed by atoms with Gasteiger partial charge in [0.25, 0.3) is 5.91 Å². The van der Waals surface area contributed by atoms with Gasteiger partial charge in [-0.25, -0.2) is 9.97 Å². The van der Waals surface area contributed by atoms with Crippen molar-refractivity contribution in [2.45, 2.75) is 32.9 Å². The molecule has 1 unspecified atom stereocenters. The number of thiophene rings is 1. The van der Waals surface area contributed by atoms with E-state index in [4.69, 9.17) is 14.5 Å². The molecule has 1 saturated heterocycles. The molecule has 6 rings (SSSR count). The summed E-state index contributed by atoms with van der Waals surface area (Å²) in [7, 11) is 1.59. The lowest BCUT2D eigenvalue weighted by atomic mass is 9.93. The number of amides is 1. The summed E-state index contributed by atoms with van der Waals surface area (Å²) in [6, 6.07) is 12.6. The molecule has 2 aromatic heterocycles. The van der Waals surface area contributed by atoms with Crippen LogP contribution in [0.5, 0.6) is 5.75 Å². The standard InChI is InChI=1S/C30H33N5O3S/c1-18(28-13-21(17-39-28)22-6-4-5-20-7-8-31-16-25(20)22)32-29-23-15-27(37-3)24(14-26(23)33-19(2)34-29)30(36)35-9-11-38-12-10-35/h4-6,13-15,17-18,31H,7-12,16H2,1-3H3,(H,32,33,34). The summed E-state index contributed by atoms with van der Waals surface area (Å²) in [4.78, 5) is 25.7. The van der Waals surface area contributed by atoms with E-state index in [-0.39, 0.29) is 11.9 Å². The van der Waals surface area contributed by atoms with Crippen molar-refractivity contribution in [2.75, 3.05) is 45.3 Å². The highest BCUT2D eigenvalue weighted by Crippen LogP contribution is 2.36. The number of methoxy groups -OCH3 is 1. The fraction of sp³-hybridized carbons (Fsp3) is 0.367. The van der Waals surface area contributed by atoms with Crippen LogP contribution in [0.1, 0.15) is 45.2 Å². The number of carbonyl (C=O) groups is 1. The second kappa shape index (κ2) is 10.9. The lowest BCUT2D eigenvalue weighted by Crippen LogP contribution is -2.40. The predicted molar refractivity (Wildman–Crippen MR) is 155 cm³/mol. The smallest absolute Gasteiger partial charge is 0.257 e. The maximum Gasteiger partial charge on any atom is 0.257 e. The van der Waals surface area contributed by atoms with Gasteiger partial charge in [0.05, 0.1) is 37.4 Å². The molecular formula is C30H33N5O3S. The summed E-state index contributed by atoms with van der Waals surface area (Å²) < 4.78 is 11.1. The Morgan fingerprint density at radius 2 is 2.05 bits per heavy atom. The van der Waals surface area contributed by atoms with E-state index in [1.807, 2.05) is 19.1 Å². The molecule has 0 spiro atoms. The lowest BCUT2D eigenvalue weighted by Gasteiger charge is -2.27. The van der Waals surface area contributed by atoms with Crippen LogP contribution in [-0.4, -0.2) is 60.7 Å². The van der Waals surface area contributed by atoms with E-state index in [9.17, 15) is 4.79 Å². The zero-order valence-electron chi connectivity index (χ0n) is 22.5. The van der Waals surface area contributed by atoms with E-state index in [1.54, 1.807) is 23.3 Å². The van der Waals surface area contributed by atoms with Crippen LogP contribution in [0, 0.1) is 6.92 Å². The molecule has 1 fully saturated rings. The highest BCUT2D eigenvalue weighted by Gasteiger charge is 2.24. The Labute approximate surface area is 232 Å². The highest BCUT2D eigenvalue weighted by atomic mass is 32.1. The third kappa shape index (κ3) is 5.09. The van der Waals surface area contributed by atoms with Crippen molar-refractivity contribution in [1.82, 2.24) is 20.2 Å². The lowest BCUT2D eigenvalue weighted by molar-refractivity contribution is 0.0301. The summed E-state index contributed by atoms with van der Waals surface area (Å²) >= 11 is 1.75. The number of aryl methyl sites for hydroxylation is 1. The summed E-state index contributed by atoms with van der Waals surface area (Å²) in [5.74, 6) is 1.82. The SMILES string of the molecule is COc1cc2c(NC(C)c3cc(-c4cccc5c4CNCC5)cs3)nc(C)nc2cc1C(=O)N1CCOCC1. The molecule has 0 bridgehead atoms. The first-order valence-electron chi connectivity index (χ1n) is 13.4.